The van der Waals surface area contributed by atoms with E-state index in [2.05, 4.69) is 27.4 Å². The van der Waals surface area contributed by atoms with Crippen molar-refractivity contribution in [1.82, 2.24) is 15.5 Å². The largest absolute Gasteiger partial charge is 0.356 e. The number of nitrogens with one attached hydrogen (secondary N) is 2. The highest BCUT2D eigenvalue weighted by molar-refractivity contribution is 14.0. The molecule has 1 heterocycles. The minimum absolute atomic E-state index is 0. The van der Waals surface area contributed by atoms with Crippen LogP contribution in [0.15, 0.2) is 4.99 Å². The first-order valence-electron chi connectivity index (χ1n) is 8.03. The van der Waals surface area contributed by atoms with Gasteiger partial charge >= 0.3 is 0 Å². The molecule has 0 aromatic carbocycles. The molecular weight excluding hydrogens is 363 g/mol. The second-order valence-electron chi connectivity index (χ2n) is 5.39. The quantitative estimate of drug-likeness (QED) is 0.301. The van der Waals surface area contributed by atoms with E-state index in [0.29, 0.717) is 0 Å². The van der Waals surface area contributed by atoms with E-state index in [-0.39, 0.29) is 24.0 Å². The van der Waals surface area contributed by atoms with E-state index in [4.69, 9.17) is 0 Å². The molecule has 1 aliphatic heterocycles. The highest BCUT2D eigenvalue weighted by Gasteiger charge is 2.08. The number of unbranched alkanes of at least 4 members (excludes halogenated alkanes) is 2. The van der Waals surface area contributed by atoms with Crippen molar-refractivity contribution in [3.05, 3.63) is 0 Å². The van der Waals surface area contributed by atoms with Gasteiger partial charge in [0.1, 0.15) is 0 Å². The van der Waals surface area contributed by atoms with Gasteiger partial charge in [0.25, 0.3) is 0 Å². The monoisotopic (exact) mass is 396 g/mol. The van der Waals surface area contributed by atoms with Crippen LogP contribution in [0.25, 0.3) is 0 Å². The normalized spacial score (nSPS) is 17.2. The lowest BCUT2D eigenvalue weighted by Crippen LogP contribution is -2.42. The number of halogens is 1. The van der Waals surface area contributed by atoms with E-state index in [1.165, 1.54) is 58.0 Å². The van der Waals surface area contributed by atoms with Gasteiger partial charge in [-0.3, -0.25) is 4.99 Å². The molecule has 2 N–H and O–H groups in total. The van der Waals surface area contributed by atoms with Crippen molar-refractivity contribution in [2.24, 2.45) is 4.99 Å². The fourth-order valence-corrected chi connectivity index (χ4v) is 2.49. The SMILES string of the molecule is CCCCCNC(=NC)NCCN1CCCCCC1.I. The summed E-state index contributed by atoms with van der Waals surface area (Å²) in [6.07, 6.45) is 9.33. The molecule has 20 heavy (non-hydrogen) atoms. The Bertz CT molecular complexity index is 238. The maximum atomic E-state index is 4.26. The first kappa shape index (κ1) is 20.0. The zero-order valence-corrected chi connectivity index (χ0v) is 15.6. The van der Waals surface area contributed by atoms with Gasteiger partial charge in [-0.2, -0.15) is 0 Å². The van der Waals surface area contributed by atoms with Gasteiger partial charge in [0.05, 0.1) is 0 Å². The minimum Gasteiger partial charge on any atom is -0.356 e. The van der Waals surface area contributed by atoms with Crippen LogP contribution >= 0.6 is 24.0 Å². The summed E-state index contributed by atoms with van der Waals surface area (Å²) >= 11 is 0. The molecule has 4 nitrogen and oxygen atoms in total. The van der Waals surface area contributed by atoms with Crippen molar-refractivity contribution in [3.63, 3.8) is 0 Å². The summed E-state index contributed by atoms with van der Waals surface area (Å²) < 4.78 is 0. The summed E-state index contributed by atoms with van der Waals surface area (Å²) in [5.74, 6) is 0.950. The lowest BCUT2D eigenvalue weighted by Gasteiger charge is -2.20. The molecule has 5 heteroatoms. The minimum atomic E-state index is 0. The lowest BCUT2D eigenvalue weighted by atomic mass is 10.2. The van der Waals surface area contributed by atoms with E-state index in [1.54, 1.807) is 0 Å². The summed E-state index contributed by atoms with van der Waals surface area (Å²) in [5, 5.41) is 6.79. The third-order valence-corrected chi connectivity index (χ3v) is 3.72. The molecular formula is C15H33IN4. The van der Waals surface area contributed by atoms with Gasteiger partial charge in [-0.15, -0.1) is 24.0 Å². The van der Waals surface area contributed by atoms with E-state index in [1.807, 2.05) is 7.05 Å². The topological polar surface area (TPSA) is 39.7 Å². The summed E-state index contributed by atoms with van der Waals surface area (Å²) in [6, 6.07) is 0. The van der Waals surface area contributed by atoms with Crippen LogP contribution in [0.1, 0.15) is 51.9 Å². The number of hydrogen-bond donors (Lipinski definition) is 2. The van der Waals surface area contributed by atoms with Crippen LogP contribution in [0.5, 0.6) is 0 Å². The van der Waals surface area contributed by atoms with Crippen molar-refractivity contribution < 1.29 is 0 Å². The Morgan fingerprint density at radius 2 is 1.65 bits per heavy atom. The van der Waals surface area contributed by atoms with Gasteiger partial charge in [-0.1, -0.05) is 32.6 Å². The van der Waals surface area contributed by atoms with Gasteiger partial charge in [-0.25, -0.2) is 0 Å². The molecule has 0 spiro atoms. The van der Waals surface area contributed by atoms with Gasteiger partial charge in [0.15, 0.2) is 5.96 Å². The van der Waals surface area contributed by atoms with Crippen LogP contribution in [0, 0.1) is 0 Å². The maximum absolute atomic E-state index is 4.26. The molecule has 1 saturated heterocycles. The van der Waals surface area contributed by atoms with Crippen LogP contribution in [-0.2, 0) is 0 Å². The van der Waals surface area contributed by atoms with Crippen molar-refractivity contribution in [2.75, 3.05) is 39.8 Å². The highest BCUT2D eigenvalue weighted by atomic mass is 127. The van der Waals surface area contributed by atoms with Crippen molar-refractivity contribution in [2.45, 2.75) is 51.9 Å². The number of aliphatic imine (C=N–C) groups is 1. The lowest BCUT2D eigenvalue weighted by molar-refractivity contribution is 0.289. The molecule has 0 aromatic heterocycles. The molecule has 0 unspecified atom stereocenters. The Morgan fingerprint density at radius 3 is 2.25 bits per heavy atom. The van der Waals surface area contributed by atoms with Gasteiger partial charge in [0, 0.05) is 26.7 Å². The second-order valence-corrected chi connectivity index (χ2v) is 5.39. The fraction of sp³-hybridized carbons (Fsp3) is 0.933. The Morgan fingerprint density at radius 1 is 1.00 bits per heavy atom. The van der Waals surface area contributed by atoms with Crippen molar-refractivity contribution in [1.29, 1.82) is 0 Å². The van der Waals surface area contributed by atoms with Crippen molar-refractivity contribution >= 4 is 29.9 Å². The summed E-state index contributed by atoms with van der Waals surface area (Å²) in [4.78, 5) is 6.84. The third kappa shape index (κ3) is 9.80. The Hall–Kier alpha value is -0.0400. The molecule has 0 amide bonds. The van der Waals surface area contributed by atoms with Crippen LogP contribution in [0.3, 0.4) is 0 Å². The Kier molecular flexibility index (Phi) is 13.9. The smallest absolute Gasteiger partial charge is 0.191 e. The predicted octanol–water partition coefficient (Wildman–Crippen LogP) is 2.84. The number of hydrogen-bond acceptors (Lipinski definition) is 2. The Labute approximate surface area is 142 Å². The molecule has 1 fully saturated rings. The average Bonchev–Trinajstić information content (AvgIpc) is 2.70. The third-order valence-electron chi connectivity index (χ3n) is 3.72. The average molecular weight is 396 g/mol. The summed E-state index contributed by atoms with van der Waals surface area (Å²) in [6.45, 7) is 7.92. The molecule has 1 rings (SSSR count). The molecule has 0 radical (unpaired) electrons. The predicted molar refractivity (Wildman–Crippen MR) is 99.2 cm³/mol. The van der Waals surface area contributed by atoms with E-state index in [9.17, 15) is 0 Å². The summed E-state index contributed by atoms with van der Waals surface area (Å²) in [7, 11) is 1.85. The number of likely N-dealkylation sites (tertiary alicyclic amines) is 1. The fourth-order valence-electron chi connectivity index (χ4n) is 2.49. The van der Waals surface area contributed by atoms with E-state index >= 15 is 0 Å². The van der Waals surface area contributed by atoms with Crippen LogP contribution in [0.2, 0.25) is 0 Å². The maximum Gasteiger partial charge on any atom is 0.191 e. The first-order valence-corrected chi connectivity index (χ1v) is 8.03. The second kappa shape index (κ2) is 13.9. The number of nitrogens with zero attached hydrogens (tertiary/aromatic N) is 2. The zero-order chi connectivity index (χ0) is 13.8. The molecule has 1 aliphatic rings. The highest BCUT2D eigenvalue weighted by Crippen LogP contribution is 2.08. The Balaban J connectivity index is 0.00000361. The zero-order valence-electron chi connectivity index (χ0n) is 13.3. The van der Waals surface area contributed by atoms with E-state index < -0.39 is 0 Å². The van der Waals surface area contributed by atoms with Crippen molar-refractivity contribution in [3.8, 4) is 0 Å². The van der Waals surface area contributed by atoms with Gasteiger partial charge in [-0.05, 0) is 32.4 Å². The molecule has 0 atom stereocenters. The first-order chi connectivity index (χ1) is 9.36. The number of guanidine groups is 1. The van der Waals surface area contributed by atoms with Gasteiger partial charge in [0.2, 0.25) is 0 Å². The molecule has 0 aliphatic carbocycles. The van der Waals surface area contributed by atoms with E-state index in [0.717, 1.165) is 25.6 Å². The summed E-state index contributed by atoms with van der Waals surface area (Å²) in [5.41, 5.74) is 0. The van der Waals surface area contributed by atoms with Gasteiger partial charge < -0.3 is 15.5 Å². The number of rotatable bonds is 7. The molecule has 0 bridgehead atoms. The molecule has 0 aromatic rings. The molecule has 120 valence electrons. The van der Waals surface area contributed by atoms with Crippen LogP contribution in [-0.4, -0.2) is 50.6 Å². The standard InChI is InChI=1S/C15H32N4.HI/c1-3-4-7-10-17-15(16-2)18-11-14-19-12-8-5-6-9-13-19;/h3-14H2,1-2H3,(H2,16,17,18);1H. The molecule has 0 saturated carbocycles. The van der Waals surface area contributed by atoms with Crippen LogP contribution in [0.4, 0.5) is 0 Å². The van der Waals surface area contributed by atoms with Crippen LogP contribution < -0.4 is 10.6 Å².